The van der Waals surface area contributed by atoms with E-state index < -0.39 is 0 Å². The predicted molar refractivity (Wildman–Crippen MR) is 325 cm³/mol. The molecule has 24 atom stereocenters. The van der Waals surface area contributed by atoms with Gasteiger partial charge >= 0.3 is 0 Å². The van der Waals surface area contributed by atoms with Gasteiger partial charge in [-0.2, -0.15) is 0 Å². The van der Waals surface area contributed by atoms with Crippen molar-refractivity contribution in [2.45, 2.75) is 258 Å². The highest BCUT2D eigenvalue weighted by Gasteiger charge is 2.61. The molecule has 8 fully saturated rings. The number of hydrogen-bond acceptors (Lipinski definition) is 0. The number of hydrogen-bond donors (Lipinski definition) is 0. The Kier molecular flexibility index (Phi) is 33.4. The summed E-state index contributed by atoms with van der Waals surface area (Å²) in [7, 11) is 0. The molecular formula is C69H146. The Morgan fingerprint density at radius 2 is 0.290 bits per heavy atom. The summed E-state index contributed by atoms with van der Waals surface area (Å²) < 4.78 is 0. The molecule has 422 valence electrons. The van der Waals surface area contributed by atoms with Crippen molar-refractivity contribution in [2.75, 3.05) is 0 Å². The van der Waals surface area contributed by atoms with E-state index in [2.05, 4.69) is 166 Å². The van der Waals surface area contributed by atoms with E-state index in [0.29, 0.717) is 0 Å². The van der Waals surface area contributed by atoms with Crippen LogP contribution < -0.4 is 0 Å². The van der Waals surface area contributed by atoms with Crippen LogP contribution in [0.3, 0.4) is 0 Å². The van der Waals surface area contributed by atoms with Gasteiger partial charge in [0, 0.05) is 0 Å². The van der Waals surface area contributed by atoms with Gasteiger partial charge in [-0.15, -0.1) is 0 Å². The normalized spacial score (nSPS) is 52.6. The highest BCUT2D eigenvalue weighted by molar-refractivity contribution is 5.09. The zero-order valence-electron chi connectivity index (χ0n) is 47.3. The van der Waals surface area contributed by atoms with E-state index in [-0.39, 0.29) is 52.0 Å². The molecule has 0 radical (unpaired) electrons. The van der Waals surface area contributed by atoms with Crippen molar-refractivity contribution in [2.24, 2.45) is 189 Å². The molecule has 0 heterocycles. The average molecular weight is 976 g/mol. The quantitative estimate of drug-likeness (QED) is 0.227. The number of rotatable bonds is 0. The minimum Gasteiger partial charge on any atom is -0.0776 e. The van der Waals surface area contributed by atoms with Crippen LogP contribution in [-0.2, 0) is 0 Å². The Balaban J connectivity index is -0.000000404. The average Bonchev–Trinajstić information content (AvgIpc) is 3.85. The molecule has 24 unspecified atom stereocenters. The summed E-state index contributed by atoms with van der Waals surface area (Å²) in [6.07, 6.45) is 6.07. The van der Waals surface area contributed by atoms with Gasteiger partial charge in [0.05, 0.1) is 0 Å². The Labute approximate surface area is 445 Å². The summed E-state index contributed by atoms with van der Waals surface area (Å²) in [6, 6.07) is 0. The zero-order chi connectivity index (χ0) is 47.3. The lowest BCUT2D eigenvalue weighted by atomic mass is 9.53. The minimum absolute atomic E-state index is 0. The van der Waals surface area contributed by atoms with E-state index in [9.17, 15) is 0 Å². The first-order valence-electron chi connectivity index (χ1n) is 28.8. The molecule has 8 aliphatic rings. The van der Waals surface area contributed by atoms with Gasteiger partial charge in [-0.25, -0.2) is 0 Å². The molecule has 0 bridgehead atoms. The second-order valence-corrected chi connectivity index (χ2v) is 26.7. The summed E-state index contributed by atoms with van der Waals surface area (Å²) in [4.78, 5) is 0. The van der Waals surface area contributed by atoms with Gasteiger partial charge in [-0.05, 0) is 202 Å². The van der Waals surface area contributed by atoms with Crippen molar-refractivity contribution in [3.63, 3.8) is 0 Å². The van der Waals surface area contributed by atoms with E-state index in [1.165, 1.54) is 25.7 Å². The molecule has 0 aromatic heterocycles. The van der Waals surface area contributed by atoms with Crippen LogP contribution in [0.5, 0.6) is 0 Å². The summed E-state index contributed by atoms with van der Waals surface area (Å²) in [6.45, 7) is 64.1. The molecule has 0 amide bonds. The third-order valence-electron chi connectivity index (χ3n) is 26.0. The molecule has 8 aliphatic carbocycles. The van der Waals surface area contributed by atoms with Crippen LogP contribution in [-0.4, -0.2) is 0 Å². The van der Waals surface area contributed by atoms with E-state index in [4.69, 9.17) is 0 Å². The van der Waals surface area contributed by atoms with E-state index >= 15 is 0 Å². The topological polar surface area (TPSA) is 0 Å². The van der Waals surface area contributed by atoms with Crippen LogP contribution in [0.15, 0.2) is 0 Å². The van der Waals surface area contributed by atoms with Crippen molar-refractivity contribution < 1.29 is 0 Å². The van der Waals surface area contributed by atoms with Gasteiger partial charge in [0.15, 0.2) is 0 Å². The highest BCUT2D eigenvalue weighted by Crippen LogP contribution is 2.66. The fraction of sp³-hybridized carbons (Fsp3) is 1.00. The SMILES string of the molecule is C.C.C.C.C.C.C.CC.CC1C(C)C(C)C(C)C1C.CC1C(C)C(C)C2C(C)C(C)C(C)C2C1C.CC1C(C)C(C)C2C(C1C)C(C)C1C(C)C(C)C(C)C(C)C12.CC1C(C)C2CCCCC2C1C. The molecule has 0 aromatic rings. The Morgan fingerprint density at radius 1 is 0.159 bits per heavy atom. The van der Waals surface area contributed by atoms with Gasteiger partial charge in [0.2, 0.25) is 0 Å². The second kappa shape index (κ2) is 30.5. The first-order valence-corrected chi connectivity index (χ1v) is 28.8. The minimum atomic E-state index is 0. The molecule has 8 saturated carbocycles. The van der Waals surface area contributed by atoms with Crippen LogP contribution in [0.4, 0.5) is 0 Å². The largest absolute Gasteiger partial charge is 0.0776 e. The molecule has 0 aliphatic heterocycles. The second-order valence-electron chi connectivity index (χ2n) is 26.7. The van der Waals surface area contributed by atoms with Crippen molar-refractivity contribution >= 4 is 0 Å². The van der Waals surface area contributed by atoms with Crippen molar-refractivity contribution in [3.8, 4) is 0 Å². The predicted octanol–water partition coefficient (Wildman–Crippen LogP) is 23.3. The maximum Gasteiger partial charge on any atom is -0.0318 e. The Bertz CT molecular complexity index is 1200. The van der Waals surface area contributed by atoms with Gasteiger partial charge in [0.25, 0.3) is 0 Å². The van der Waals surface area contributed by atoms with Crippen LogP contribution >= 0.6 is 0 Å². The lowest BCUT2D eigenvalue weighted by molar-refractivity contribution is -0.0377. The van der Waals surface area contributed by atoms with E-state index in [0.717, 1.165) is 189 Å². The summed E-state index contributed by atoms with van der Waals surface area (Å²) >= 11 is 0. The Morgan fingerprint density at radius 3 is 0.493 bits per heavy atom. The molecule has 0 N–H and O–H groups in total. The van der Waals surface area contributed by atoms with Gasteiger partial charge in [-0.3, -0.25) is 0 Å². The van der Waals surface area contributed by atoms with Crippen LogP contribution in [0, 0.1) is 189 Å². The van der Waals surface area contributed by atoms with Crippen LogP contribution in [0.2, 0.25) is 0 Å². The standard InChI is InChI=1S/C22H40.C16H30.C12H22.C10H20.C2H6.7CH4/c1-10-12(3)16(7)21-19(14(10)5)18(9)20-15(6)11(2)13(4)17(8)22(20)21;1-8-9(2)12(5)16-14(7)10(3)13(6)15(16)11(8)4;1-8-9(2)11-6-4-5-7-12(11)10(8)3;1-6-7(2)9(4)10(5)8(6)3;1-2;;;;;;;/h10-22H,1-9H3;8-16H,1-7H3;8-12H,4-7H2,1-3H3;6-10H,1-5H3;1-2H3;7*1H4. The summed E-state index contributed by atoms with van der Waals surface area (Å²) in [5.41, 5.74) is 0. The highest BCUT2D eigenvalue weighted by atomic mass is 14.7. The lowest BCUT2D eigenvalue weighted by Gasteiger charge is -2.51. The number of fused-ring (bicyclic) bond motifs is 5. The molecule has 0 nitrogen and oxygen atoms in total. The summed E-state index contributed by atoms with van der Waals surface area (Å²) in [5, 5.41) is 0. The molecule has 8 rings (SSSR count). The first-order chi connectivity index (χ1) is 28.8. The van der Waals surface area contributed by atoms with Crippen molar-refractivity contribution in [1.82, 2.24) is 0 Å². The smallest absolute Gasteiger partial charge is 0.0318 e. The third kappa shape index (κ3) is 13.7. The summed E-state index contributed by atoms with van der Waals surface area (Å²) in [5.74, 6) is 30.5. The molecule has 0 spiro atoms. The third-order valence-corrected chi connectivity index (χ3v) is 26.0. The van der Waals surface area contributed by atoms with Gasteiger partial charge in [-0.1, -0.05) is 245 Å². The molecule has 0 heteroatoms. The Hall–Kier alpha value is 0. The maximum absolute atomic E-state index is 2.63. The van der Waals surface area contributed by atoms with Gasteiger partial charge in [0.1, 0.15) is 0 Å². The first kappa shape index (κ1) is 75.5. The van der Waals surface area contributed by atoms with E-state index in [1.54, 1.807) is 0 Å². The zero-order valence-corrected chi connectivity index (χ0v) is 47.3. The fourth-order valence-corrected chi connectivity index (χ4v) is 19.2. The fourth-order valence-electron chi connectivity index (χ4n) is 19.2. The molecule has 0 saturated heterocycles. The monoisotopic (exact) mass is 975 g/mol. The van der Waals surface area contributed by atoms with Crippen molar-refractivity contribution in [3.05, 3.63) is 0 Å². The van der Waals surface area contributed by atoms with E-state index in [1.807, 2.05) is 13.8 Å². The lowest BCUT2D eigenvalue weighted by Crippen LogP contribution is -2.46. The molecule has 69 heavy (non-hydrogen) atoms. The molecular weight excluding hydrogens is 829 g/mol. The van der Waals surface area contributed by atoms with Crippen molar-refractivity contribution in [1.29, 1.82) is 0 Å². The van der Waals surface area contributed by atoms with Gasteiger partial charge < -0.3 is 0 Å². The van der Waals surface area contributed by atoms with Crippen LogP contribution in [0.25, 0.3) is 0 Å². The maximum atomic E-state index is 2.63. The van der Waals surface area contributed by atoms with Crippen LogP contribution in [0.1, 0.15) is 258 Å². The molecule has 0 aromatic carbocycles.